The number of fused-ring (bicyclic) bond motifs is 1. The van der Waals surface area contributed by atoms with Crippen LogP contribution in [0, 0.1) is 17.6 Å². The zero-order valence-corrected chi connectivity index (χ0v) is 17.4. The summed E-state index contributed by atoms with van der Waals surface area (Å²) in [6.07, 6.45) is 4.39. The molecular formula is C22H26F2N6O. The van der Waals surface area contributed by atoms with Gasteiger partial charge >= 0.3 is 6.03 Å². The molecule has 3 heterocycles. The van der Waals surface area contributed by atoms with Gasteiger partial charge in [-0.3, -0.25) is 4.40 Å². The Bertz CT molecular complexity index is 1060. The molecule has 0 spiro atoms. The fraction of sp³-hybridized carbons (Fsp3) is 0.409. The minimum atomic E-state index is -0.847. The van der Waals surface area contributed by atoms with Crippen LogP contribution in [0.15, 0.2) is 42.6 Å². The summed E-state index contributed by atoms with van der Waals surface area (Å²) in [5.74, 6) is -0.753. The number of nitrogens with zero attached hydrogens (tertiary/aromatic N) is 4. The second-order valence-electron chi connectivity index (χ2n) is 7.88. The van der Waals surface area contributed by atoms with Gasteiger partial charge in [0.05, 0.1) is 6.04 Å². The van der Waals surface area contributed by atoms with Crippen molar-refractivity contribution in [2.24, 2.45) is 5.92 Å². The normalized spacial score (nSPS) is 17.1. The number of pyridine rings is 1. The summed E-state index contributed by atoms with van der Waals surface area (Å²) in [7, 11) is 0. The van der Waals surface area contributed by atoms with E-state index >= 15 is 0 Å². The molecule has 1 aliphatic heterocycles. The van der Waals surface area contributed by atoms with Crippen molar-refractivity contribution < 1.29 is 13.6 Å². The van der Waals surface area contributed by atoms with Crippen LogP contribution in [0.25, 0.3) is 5.65 Å². The summed E-state index contributed by atoms with van der Waals surface area (Å²) in [6, 6.07) is 9.12. The summed E-state index contributed by atoms with van der Waals surface area (Å²) in [5.41, 5.74) is 1.40. The summed E-state index contributed by atoms with van der Waals surface area (Å²) in [4.78, 5) is 14.6. The van der Waals surface area contributed by atoms with Crippen LogP contribution in [-0.2, 0) is 0 Å². The number of carbonyl (C=O) groups excluding carboxylic acids is 1. The van der Waals surface area contributed by atoms with E-state index in [4.69, 9.17) is 0 Å². The molecule has 0 aliphatic carbocycles. The fourth-order valence-corrected chi connectivity index (χ4v) is 4.01. The average molecular weight is 428 g/mol. The van der Waals surface area contributed by atoms with Gasteiger partial charge in [-0.05, 0) is 43.0 Å². The number of carbonyl (C=O) groups is 1. The van der Waals surface area contributed by atoms with Crippen LogP contribution < -0.4 is 15.5 Å². The Morgan fingerprint density at radius 2 is 2.10 bits per heavy atom. The first-order valence-corrected chi connectivity index (χ1v) is 10.6. The van der Waals surface area contributed by atoms with E-state index in [-0.39, 0.29) is 18.0 Å². The summed E-state index contributed by atoms with van der Waals surface area (Å²) >= 11 is 0. The molecule has 0 radical (unpaired) electrons. The maximum atomic E-state index is 13.5. The van der Waals surface area contributed by atoms with E-state index in [2.05, 4.69) is 27.8 Å². The highest BCUT2D eigenvalue weighted by Crippen LogP contribution is 2.25. The molecule has 0 bridgehead atoms. The number of urea groups is 1. The van der Waals surface area contributed by atoms with E-state index in [1.165, 1.54) is 6.07 Å². The number of rotatable bonds is 7. The molecule has 2 amide bonds. The number of benzene rings is 1. The molecule has 1 aromatic carbocycles. The van der Waals surface area contributed by atoms with Crippen LogP contribution in [0.4, 0.5) is 19.3 Å². The highest BCUT2D eigenvalue weighted by molar-refractivity contribution is 5.74. The van der Waals surface area contributed by atoms with Crippen molar-refractivity contribution >= 4 is 17.4 Å². The van der Waals surface area contributed by atoms with Crippen molar-refractivity contribution in [3.8, 4) is 0 Å². The lowest BCUT2D eigenvalue weighted by Gasteiger charge is -2.20. The van der Waals surface area contributed by atoms with Gasteiger partial charge in [0.25, 0.3) is 0 Å². The Balaban J connectivity index is 1.32. The topological polar surface area (TPSA) is 74.6 Å². The number of aromatic nitrogens is 3. The lowest BCUT2D eigenvalue weighted by atomic mass is 10.1. The van der Waals surface area contributed by atoms with Crippen LogP contribution in [0.3, 0.4) is 0 Å². The smallest absolute Gasteiger partial charge is 0.315 e. The van der Waals surface area contributed by atoms with Gasteiger partial charge in [-0.15, -0.1) is 10.2 Å². The molecule has 31 heavy (non-hydrogen) atoms. The number of nitrogens with one attached hydrogen (secondary N) is 2. The molecular weight excluding hydrogens is 402 g/mol. The predicted molar refractivity (Wildman–Crippen MR) is 114 cm³/mol. The molecule has 1 saturated heterocycles. The molecule has 2 aromatic heterocycles. The molecule has 7 nitrogen and oxygen atoms in total. The molecule has 1 aliphatic rings. The van der Waals surface area contributed by atoms with Gasteiger partial charge in [-0.2, -0.15) is 0 Å². The van der Waals surface area contributed by atoms with E-state index in [1.807, 2.05) is 33.7 Å². The third-order valence-electron chi connectivity index (χ3n) is 5.64. The van der Waals surface area contributed by atoms with E-state index < -0.39 is 11.6 Å². The first-order chi connectivity index (χ1) is 15.0. The van der Waals surface area contributed by atoms with Crippen LogP contribution in [0.1, 0.15) is 38.1 Å². The Kier molecular flexibility index (Phi) is 6.29. The summed E-state index contributed by atoms with van der Waals surface area (Å²) < 4.78 is 28.6. The second kappa shape index (κ2) is 9.28. The van der Waals surface area contributed by atoms with Crippen molar-refractivity contribution in [3.63, 3.8) is 0 Å². The third-order valence-corrected chi connectivity index (χ3v) is 5.64. The molecule has 2 N–H and O–H groups in total. The van der Waals surface area contributed by atoms with Crippen molar-refractivity contribution in [1.82, 2.24) is 25.2 Å². The first-order valence-electron chi connectivity index (χ1n) is 10.6. The Morgan fingerprint density at radius 1 is 1.23 bits per heavy atom. The zero-order chi connectivity index (χ0) is 21.8. The number of hydrogen-bond donors (Lipinski definition) is 2. The van der Waals surface area contributed by atoms with Crippen LogP contribution in [0.5, 0.6) is 0 Å². The highest BCUT2D eigenvalue weighted by atomic mass is 19.2. The highest BCUT2D eigenvalue weighted by Gasteiger charge is 2.25. The fourth-order valence-electron chi connectivity index (χ4n) is 4.01. The zero-order valence-electron chi connectivity index (χ0n) is 17.4. The van der Waals surface area contributed by atoms with E-state index in [1.54, 1.807) is 6.07 Å². The van der Waals surface area contributed by atoms with E-state index in [9.17, 15) is 13.6 Å². The maximum Gasteiger partial charge on any atom is 0.315 e. The van der Waals surface area contributed by atoms with Gasteiger partial charge in [0.15, 0.2) is 23.1 Å². The molecule has 0 saturated carbocycles. The van der Waals surface area contributed by atoms with Gasteiger partial charge in [-0.25, -0.2) is 13.6 Å². The lowest BCUT2D eigenvalue weighted by molar-refractivity contribution is 0.234. The SMILES string of the molecule is CCCC(NC(=O)NCC1CCN(c2ccc(F)c(F)c2)C1)c1nnc2ccccn12. The maximum absolute atomic E-state index is 13.5. The molecule has 164 valence electrons. The van der Waals surface area contributed by atoms with Gasteiger partial charge < -0.3 is 15.5 Å². The summed E-state index contributed by atoms with van der Waals surface area (Å²) in [6.45, 7) is 3.98. The van der Waals surface area contributed by atoms with Crippen LogP contribution >= 0.6 is 0 Å². The average Bonchev–Trinajstić information content (AvgIpc) is 3.41. The van der Waals surface area contributed by atoms with Crippen LogP contribution in [-0.4, -0.2) is 40.3 Å². The Morgan fingerprint density at radius 3 is 2.90 bits per heavy atom. The lowest BCUT2D eigenvalue weighted by Crippen LogP contribution is -2.41. The van der Waals surface area contributed by atoms with Gasteiger partial charge in [0, 0.05) is 37.6 Å². The van der Waals surface area contributed by atoms with E-state index in [0.717, 1.165) is 37.5 Å². The molecule has 4 rings (SSSR count). The molecule has 1 fully saturated rings. The van der Waals surface area contributed by atoms with Crippen molar-refractivity contribution in [3.05, 3.63) is 60.1 Å². The summed E-state index contributed by atoms with van der Waals surface area (Å²) in [5, 5.41) is 14.4. The predicted octanol–water partition coefficient (Wildman–Crippen LogP) is 3.67. The number of amides is 2. The monoisotopic (exact) mass is 428 g/mol. The largest absolute Gasteiger partial charge is 0.371 e. The minimum absolute atomic E-state index is 0.234. The van der Waals surface area contributed by atoms with Crippen LogP contribution in [0.2, 0.25) is 0 Å². The van der Waals surface area contributed by atoms with Gasteiger partial charge in [-0.1, -0.05) is 19.4 Å². The van der Waals surface area contributed by atoms with Gasteiger partial charge in [0.2, 0.25) is 0 Å². The molecule has 2 unspecified atom stereocenters. The third kappa shape index (κ3) is 4.76. The Hall–Kier alpha value is -3.23. The minimum Gasteiger partial charge on any atom is -0.371 e. The number of halogens is 2. The molecule has 9 heteroatoms. The van der Waals surface area contributed by atoms with Crippen molar-refractivity contribution in [2.75, 3.05) is 24.5 Å². The number of hydrogen-bond acceptors (Lipinski definition) is 4. The van der Waals surface area contributed by atoms with E-state index in [0.29, 0.717) is 24.6 Å². The molecule has 3 aromatic rings. The second-order valence-corrected chi connectivity index (χ2v) is 7.88. The molecule has 2 atom stereocenters. The first kappa shape index (κ1) is 21.0. The Labute approximate surface area is 179 Å². The standard InChI is InChI=1S/C22H26F2N6O/c1-2-5-19(21-28-27-20-6-3-4-10-30(20)21)26-22(31)25-13-15-9-11-29(14-15)16-7-8-17(23)18(24)12-16/h3-4,6-8,10,12,15,19H,2,5,9,11,13-14H2,1H3,(H2,25,26,31). The quantitative estimate of drug-likeness (QED) is 0.602. The van der Waals surface area contributed by atoms with Gasteiger partial charge in [0.1, 0.15) is 0 Å². The number of anilines is 1. The van der Waals surface area contributed by atoms with Crippen molar-refractivity contribution in [2.45, 2.75) is 32.2 Å². The van der Waals surface area contributed by atoms with Crippen molar-refractivity contribution in [1.29, 1.82) is 0 Å².